The summed E-state index contributed by atoms with van der Waals surface area (Å²) >= 11 is 0. The first-order valence-electron chi connectivity index (χ1n) is 5.52. The molecule has 88 valence electrons. The molecule has 2 aliphatic heterocycles. The molecule has 16 heavy (non-hydrogen) atoms. The Bertz CT molecular complexity index is 329. The van der Waals surface area contributed by atoms with Crippen LogP contribution in [-0.2, 0) is 4.79 Å². The zero-order valence-corrected chi connectivity index (χ0v) is 9.13. The van der Waals surface area contributed by atoms with Crippen LogP contribution < -0.4 is 0 Å². The summed E-state index contributed by atoms with van der Waals surface area (Å²) in [6, 6.07) is 0.0716. The van der Waals surface area contributed by atoms with Crippen molar-refractivity contribution in [1.82, 2.24) is 9.80 Å². The van der Waals surface area contributed by atoms with E-state index >= 15 is 0 Å². The molecule has 0 aromatic heterocycles. The second-order valence-electron chi connectivity index (χ2n) is 4.37. The van der Waals surface area contributed by atoms with Gasteiger partial charge in [-0.15, -0.1) is 6.58 Å². The summed E-state index contributed by atoms with van der Waals surface area (Å²) in [6.07, 6.45) is 2.32. The highest BCUT2D eigenvalue weighted by Gasteiger charge is 2.42. The van der Waals surface area contributed by atoms with Crippen LogP contribution in [0.15, 0.2) is 12.7 Å². The van der Waals surface area contributed by atoms with Crippen molar-refractivity contribution in [1.29, 1.82) is 0 Å². The van der Waals surface area contributed by atoms with Gasteiger partial charge in [0.25, 0.3) is 0 Å². The SMILES string of the molecule is C=CC[C@H]1C[C@H]2CN(C(=O)O)CCN2C1=O. The lowest BCUT2D eigenvalue weighted by atomic mass is 10.0. The average Bonchev–Trinajstić information content (AvgIpc) is 2.56. The van der Waals surface area contributed by atoms with Crippen LogP contribution in [-0.4, -0.2) is 52.6 Å². The van der Waals surface area contributed by atoms with E-state index in [0.29, 0.717) is 26.1 Å². The van der Waals surface area contributed by atoms with Crippen LogP contribution in [0.2, 0.25) is 0 Å². The molecule has 0 radical (unpaired) electrons. The summed E-state index contributed by atoms with van der Waals surface area (Å²) in [5, 5.41) is 8.90. The van der Waals surface area contributed by atoms with E-state index in [1.54, 1.807) is 6.08 Å². The lowest BCUT2D eigenvalue weighted by Crippen LogP contribution is -2.52. The first kappa shape index (κ1) is 11.0. The van der Waals surface area contributed by atoms with E-state index in [-0.39, 0.29) is 17.9 Å². The second kappa shape index (κ2) is 4.15. The van der Waals surface area contributed by atoms with Gasteiger partial charge >= 0.3 is 6.09 Å². The number of hydrogen-bond acceptors (Lipinski definition) is 2. The van der Waals surface area contributed by atoms with Gasteiger partial charge in [0.05, 0.1) is 6.04 Å². The van der Waals surface area contributed by atoms with Crippen LogP contribution in [0.3, 0.4) is 0 Å². The first-order chi connectivity index (χ1) is 7.63. The van der Waals surface area contributed by atoms with E-state index in [2.05, 4.69) is 6.58 Å². The molecule has 1 N–H and O–H groups in total. The molecule has 2 rings (SSSR count). The van der Waals surface area contributed by atoms with Crippen molar-refractivity contribution in [3.63, 3.8) is 0 Å². The number of carbonyl (C=O) groups excluding carboxylic acids is 1. The molecule has 2 aliphatic rings. The zero-order valence-electron chi connectivity index (χ0n) is 9.13. The van der Waals surface area contributed by atoms with Gasteiger partial charge in [-0.1, -0.05) is 6.08 Å². The number of rotatable bonds is 2. The van der Waals surface area contributed by atoms with Crippen molar-refractivity contribution >= 4 is 12.0 Å². The van der Waals surface area contributed by atoms with Crippen molar-refractivity contribution in [2.45, 2.75) is 18.9 Å². The van der Waals surface area contributed by atoms with Gasteiger partial charge in [0.15, 0.2) is 0 Å². The third-order valence-electron chi connectivity index (χ3n) is 3.39. The first-order valence-corrected chi connectivity index (χ1v) is 5.52. The number of allylic oxidation sites excluding steroid dienone is 1. The van der Waals surface area contributed by atoms with Crippen LogP contribution in [0, 0.1) is 5.92 Å². The molecule has 0 spiro atoms. The smallest absolute Gasteiger partial charge is 0.407 e. The summed E-state index contributed by atoms with van der Waals surface area (Å²) in [4.78, 5) is 26.0. The molecule has 2 saturated heterocycles. The van der Waals surface area contributed by atoms with Gasteiger partial charge in [-0.25, -0.2) is 4.79 Å². The highest BCUT2D eigenvalue weighted by molar-refractivity contribution is 5.82. The molecule has 0 aromatic rings. The van der Waals surface area contributed by atoms with Crippen LogP contribution >= 0.6 is 0 Å². The number of carbonyl (C=O) groups is 2. The molecule has 0 bridgehead atoms. The van der Waals surface area contributed by atoms with E-state index < -0.39 is 6.09 Å². The van der Waals surface area contributed by atoms with Gasteiger partial charge < -0.3 is 14.9 Å². The van der Waals surface area contributed by atoms with E-state index in [1.165, 1.54) is 4.90 Å². The van der Waals surface area contributed by atoms with Crippen LogP contribution in [0.1, 0.15) is 12.8 Å². The fourth-order valence-electron chi connectivity index (χ4n) is 2.58. The normalized spacial score (nSPS) is 29.1. The maximum absolute atomic E-state index is 11.9. The Hall–Kier alpha value is -1.52. The summed E-state index contributed by atoms with van der Waals surface area (Å²) in [5.74, 6) is 0.172. The summed E-state index contributed by atoms with van der Waals surface area (Å²) in [5.41, 5.74) is 0. The standard InChI is InChI=1S/C11H16N2O3/c1-2-3-8-6-9-7-12(11(15)16)4-5-13(9)10(8)14/h2,8-9H,1,3-7H2,(H,15,16)/t8-,9-/m0/s1. The number of hydrogen-bond donors (Lipinski definition) is 1. The Kier molecular flexibility index (Phi) is 2.85. The number of carboxylic acid groups (broad SMARTS) is 1. The highest BCUT2D eigenvalue weighted by atomic mass is 16.4. The zero-order chi connectivity index (χ0) is 11.7. The van der Waals surface area contributed by atoms with Crippen molar-refractivity contribution in [2.75, 3.05) is 19.6 Å². The molecular weight excluding hydrogens is 208 g/mol. The van der Waals surface area contributed by atoms with E-state index in [0.717, 1.165) is 6.42 Å². The van der Waals surface area contributed by atoms with Gasteiger partial charge in [0.2, 0.25) is 5.91 Å². The Morgan fingerprint density at radius 3 is 2.94 bits per heavy atom. The van der Waals surface area contributed by atoms with Crippen molar-refractivity contribution < 1.29 is 14.7 Å². The molecular formula is C11H16N2O3. The second-order valence-corrected chi connectivity index (χ2v) is 4.37. The van der Waals surface area contributed by atoms with Gasteiger partial charge in [-0.2, -0.15) is 0 Å². The Balaban J connectivity index is 2.03. The van der Waals surface area contributed by atoms with Gasteiger partial charge in [-0.05, 0) is 12.8 Å². The average molecular weight is 224 g/mol. The molecule has 2 heterocycles. The van der Waals surface area contributed by atoms with Crippen molar-refractivity contribution in [2.24, 2.45) is 5.92 Å². The number of fused-ring (bicyclic) bond motifs is 1. The molecule has 2 atom stereocenters. The summed E-state index contributed by atoms with van der Waals surface area (Å²) in [7, 11) is 0. The maximum atomic E-state index is 11.9. The maximum Gasteiger partial charge on any atom is 0.407 e. The molecule has 5 nitrogen and oxygen atoms in total. The predicted octanol–water partition coefficient (Wildman–Crippen LogP) is 0.773. The van der Waals surface area contributed by atoms with E-state index in [9.17, 15) is 9.59 Å². The number of amides is 2. The third-order valence-corrected chi connectivity index (χ3v) is 3.39. The number of piperazine rings is 1. The van der Waals surface area contributed by atoms with Gasteiger partial charge in [0, 0.05) is 25.6 Å². The largest absolute Gasteiger partial charge is 0.465 e. The Labute approximate surface area is 94.3 Å². The monoisotopic (exact) mass is 224 g/mol. The minimum absolute atomic E-state index is 0.0104. The molecule has 2 fully saturated rings. The Morgan fingerprint density at radius 2 is 2.31 bits per heavy atom. The topological polar surface area (TPSA) is 60.9 Å². The van der Waals surface area contributed by atoms with E-state index in [1.807, 2.05) is 4.90 Å². The van der Waals surface area contributed by atoms with E-state index in [4.69, 9.17) is 5.11 Å². The van der Waals surface area contributed by atoms with Crippen molar-refractivity contribution in [3.8, 4) is 0 Å². The molecule has 2 amide bonds. The third kappa shape index (κ3) is 1.77. The van der Waals surface area contributed by atoms with Crippen LogP contribution in [0.25, 0.3) is 0 Å². The van der Waals surface area contributed by atoms with Gasteiger partial charge in [-0.3, -0.25) is 4.79 Å². The molecule has 5 heteroatoms. The van der Waals surface area contributed by atoms with Crippen LogP contribution in [0.4, 0.5) is 4.79 Å². The molecule has 0 saturated carbocycles. The molecule has 0 unspecified atom stereocenters. The van der Waals surface area contributed by atoms with Crippen LogP contribution in [0.5, 0.6) is 0 Å². The number of nitrogens with zero attached hydrogens (tertiary/aromatic N) is 2. The predicted molar refractivity (Wildman–Crippen MR) is 58.0 cm³/mol. The fraction of sp³-hybridized carbons (Fsp3) is 0.636. The van der Waals surface area contributed by atoms with Crippen molar-refractivity contribution in [3.05, 3.63) is 12.7 Å². The highest BCUT2D eigenvalue weighted by Crippen LogP contribution is 2.29. The lowest BCUT2D eigenvalue weighted by Gasteiger charge is -2.35. The summed E-state index contributed by atoms with van der Waals surface area (Å²) in [6.45, 7) is 5.06. The fourth-order valence-corrected chi connectivity index (χ4v) is 2.58. The van der Waals surface area contributed by atoms with Gasteiger partial charge in [0.1, 0.15) is 0 Å². The quantitative estimate of drug-likeness (QED) is 0.705. The molecule has 0 aromatic carbocycles. The summed E-state index contributed by atoms with van der Waals surface area (Å²) < 4.78 is 0. The lowest BCUT2D eigenvalue weighted by molar-refractivity contribution is -0.133. The minimum Gasteiger partial charge on any atom is -0.465 e. The minimum atomic E-state index is -0.890. The Morgan fingerprint density at radius 1 is 1.56 bits per heavy atom. The molecule has 0 aliphatic carbocycles.